The van der Waals surface area contributed by atoms with Crippen molar-refractivity contribution in [2.75, 3.05) is 24.6 Å². The number of amides is 1. The van der Waals surface area contributed by atoms with Crippen LogP contribution in [0.3, 0.4) is 0 Å². The van der Waals surface area contributed by atoms with Gasteiger partial charge in [-0.2, -0.15) is 0 Å². The molecule has 0 radical (unpaired) electrons. The van der Waals surface area contributed by atoms with Gasteiger partial charge in [-0.3, -0.25) is 14.3 Å². The summed E-state index contributed by atoms with van der Waals surface area (Å²) in [4.78, 5) is 37.9. The van der Waals surface area contributed by atoms with Gasteiger partial charge in [0.1, 0.15) is 17.9 Å². The monoisotopic (exact) mass is 732 g/mol. The normalized spacial score (nSPS) is 32.4. The minimum atomic E-state index is -3.01. The number of hydrogen-bond donors (Lipinski definition) is 2. The second kappa shape index (κ2) is 14.2. The molecule has 272 valence electrons. The van der Waals surface area contributed by atoms with Crippen molar-refractivity contribution in [3.63, 3.8) is 0 Å². The average molecular weight is 733 g/mol. The van der Waals surface area contributed by atoms with Crippen LogP contribution in [0, 0.1) is 17.8 Å². The van der Waals surface area contributed by atoms with Crippen LogP contribution < -0.4 is 14.4 Å². The molecule has 1 unspecified atom stereocenters. The maximum Gasteiger partial charge on any atom is 0.262 e. The Kier molecular flexibility index (Phi) is 9.97. The summed E-state index contributed by atoms with van der Waals surface area (Å²) >= 11 is 6.46. The van der Waals surface area contributed by atoms with Crippen molar-refractivity contribution >= 4 is 44.6 Å². The highest BCUT2D eigenvalue weighted by Gasteiger charge is 2.49. The van der Waals surface area contributed by atoms with E-state index in [0.29, 0.717) is 56.0 Å². The highest BCUT2D eigenvalue weighted by Crippen LogP contribution is 2.50. The Morgan fingerprint density at radius 1 is 1.14 bits per heavy atom. The molecule has 51 heavy (non-hydrogen) atoms. The summed E-state index contributed by atoms with van der Waals surface area (Å²) < 4.78 is 23.4. The summed E-state index contributed by atoms with van der Waals surface area (Å²) in [5, 5.41) is 12.9. The zero-order valence-corrected chi connectivity index (χ0v) is 31.2. The number of hydrogen-bond acceptors (Lipinski definition) is 8. The molecule has 2 aliphatic heterocycles. The van der Waals surface area contributed by atoms with Gasteiger partial charge in [-0.25, -0.2) is 14.2 Å². The zero-order valence-electron chi connectivity index (χ0n) is 29.6. The van der Waals surface area contributed by atoms with E-state index in [1.165, 1.54) is 17.5 Å². The van der Waals surface area contributed by atoms with Crippen LogP contribution in [-0.2, 0) is 32.8 Å². The largest absolute Gasteiger partial charge is 0.490 e. The predicted molar refractivity (Wildman–Crippen MR) is 202 cm³/mol. The molecule has 9 nitrogen and oxygen atoms in total. The van der Waals surface area contributed by atoms with Gasteiger partial charge in [0, 0.05) is 53.4 Å². The molecule has 1 aromatic heterocycles. The number of halogens is 1. The van der Waals surface area contributed by atoms with E-state index in [2.05, 4.69) is 37.6 Å². The lowest BCUT2D eigenvalue weighted by atomic mass is 9.61. The smallest absolute Gasteiger partial charge is 0.262 e. The first-order valence-electron chi connectivity index (χ1n) is 18.3. The molecule has 2 N–H and O–H groups in total. The van der Waals surface area contributed by atoms with E-state index in [1.54, 1.807) is 18.3 Å². The number of aryl methyl sites for hydroxylation is 1. The Morgan fingerprint density at radius 3 is 2.75 bits per heavy atom. The third kappa shape index (κ3) is 7.29. The van der Waals surface area contributed by atoms with Gasteiger partial charge in [-0.1, -0.05) is 31.0 Å². The number of ether oxygens (including phenoxy) is 1. The van der Waals surface area contributed by atoms with Crippen molar-refractivity contribution < 1.29 is 23.6 Å². The Morgan fingerprint density at radius 2 is 1.98 bits per heavy atom. The third-order valence-corrected chi connectivity index (χ3v) is 14.8. The topological polar surface area (TPSA) is 122 Å². The van der Waals surface area contributed by atoms with Crippen LogP contribution >= 0.6 is 11.6 Å². The molecule has 1 spiro atoms. The van der Waals surface area contributed by atoms with Gasteiger partial charge < -0.3 is 14.7 Å². The number of anilines is 1. The molecular weight excluding hydrogens is 684 g/mol. The van der Waals surface area contributed by atoms with Crippen molar-refractivity contribution in [2.24, 2.45) is 17.8 Å². The number of nitrogens with one attached hydrogen (secondary N) is 1. The molecule has 1 fully saturated rings. The summed E-state index contributed by atoms with van der Waals surface area (Å²) in [7, 11) is -3.01. The predicted octanol–water partition coefficient (Wildman–Crippen LogP) is 6.13. The summed E-state index contributed by atoms with van der Waals surface area (Å²) in [6.07, 6.45) is 9.69. The van der Waals surface area contributed by atoms with Crippen LogP contribution in [0.5, 0.6) is 5.75 Å². The Bertz CT molecular complexity index is 1910. The van der Waals surface area contributed by atoms with Gasteiger partial charge in [-0.05, 0) is 123 Å². The molecule has 11 heteroatoms. The molecule has 3 aromatic rings. The second-order valence-electron chi connectivity index (χ2n) is 15.7. The van der Waals surface area contributed by atoms with Crippen LogP contribution in [0.15, 0.2) is 55.0 Å². The van der Waals surface area contributed by atoms with Gasteiger partial charge in [-0.15, -0.1) is 0 Å². The van der Waals surface area contributed by atoms with Crippen molar-refractivity contribution in [1.29, 1.82) is 0 Å². The number of carbonyl (C=O) groups is 2. The van der Waals surface area contributed by atoms with E-state index in [4.69, 9.17) is 16.3 Å². The number of benzene rings is 2. The van der Waals surface area contributed by atoms with Crippen LogP contribution in [0.2, 0.25) is 5.02 Å². The first kappa shape index (κ1) is 35.9. The number of ketones is 1. The lowest BCUT2D eigenvalue weighted by Crippen LogP contribution is -2.53. The molecule has 0 saturated heterocycles. The summed E-state index contributed by atoms with van der Waals surface area (Å²) in [6.45, 7) is 5.66. The average Bonchev–Trinajstić information content (AvgIpc) is 3.22. The minimum Gasteiger partial charge on any atom is -0.490 e. The minimum absolute atomic E-state index is 0.0401. The third-order valence-electron chi connectivity index (χ3n) is 12.3. The first-order chi connectivity index (χ1) is 24.4. The van der Waals surface area contributed by atoms with E-state index in [1.807, 2.05) is 32.0 Å². The molecule has 2 aliphatic carbocycles. The highest BCUT2D eigenvalue weighted by atomic mass is 35.5. The lowest BCUT2D eigenvalue weighted by Gasteiger charge is -2.50. The van der Waals surface area contributed by atoms with Crippen molar-refractivity contribution in [2.45, 2.75) is 94.3 Å². The van der Waals surface area contributed by atoms with Crippen molar-refractivity contribution in [3.8, 4) is 5.75 Å². The van der Waals surface area contributed by atoms with Gasteiger partial charge in [0.2, 0.25) is 0 Å². The molecule has 2 aromatic carbocycles. The van der Waals surface area contributed by atoms with E-state index >= 15 is 0 Å². The van der Waals surface area contributed by atoms with Crippen LogP contribution in [-0.4, -0.2) is 67.4 Å². The number of fused-ring (bicyclic) bond motifs is 4. The molecular formula is C40H49ClN4O5S. The Labute approximate surface area is 306 Å². The van der Waals surface area contributed by atoms with Crippen LogP contribution in [0.1, 0.15) is 92.4 Å². The van der Waals surface area contributed by atoms with Crippen molar-refractivity contribution in [3.05, 3.63) is 82.4 Å². The number of rotatable bonds is 4. The van der Waals surface area contributed by atoms with E-state index in [-0.39, 0.29) is 41.8 Å². The number of aromatic nitrogens is 2. The van der Waals surface area contributed by atoms with E-state index in [0.717, 1.165) is 42.8 Å². The standard InChI is InChI=1S/C40H49ClN4O5S/c1-26-6-4-16-40(48,21-33(46)20-32-14-17-42-25-43-32)35-11-8-30(35)22-45-23-39(15-5-7-28-18-31(41)10-12-34(28)39)24-50-37-13-9-29(19-36(37)45)38(47)44-51(3,49)27(26)2/h9-10,12-14,17-19,25-27,30,35,48H,3-8,11,15-16,20-24H2,1-2H3,(H,44,47,49)/t26-,27+,30-,35+,39-,40+,51?/m0/s1. The fourth-order valence-electron chi connectivity index (χ4n) is 9.12. The highest BCUT2D eigenvalue weighted by molar-refractivity contribution is 7.99. The summed E-state index contributed by atoms with van der Waals surface area (Å²) in [5.41, 5.74) is 2.82. The maximum absolute atomic E-state index is 13.9. The SMILES string of the molecule is C=S1(=O)NC(=O)c2ccc3c(c2)N(C[C@@H]2CC[C@H]2[C@](O)(CC(=O)Cc2ccncn2)CCC[C@H](C)[C@H]1C)C[C@@]1(CCCc2cc(Cl)ccc21)CO3. The second-order valence-corrected chi connectivity index (χ2v) is 18.5. The summed E-state index contributed by atoms with van der Waals surface area (Å²) in [6, 6.07) is 13.4. The van der Waals surface area contributed by atoms with E-state index in [9.17, 15) is 18.9 Å². The van der Waals surface area contributed by atoms with Gasteiger partial charge in [0.15, 0.2) is 0 Å². The fourth-order valence-corrected chi connectivity index (χ4v) is 10.8. The molecule has 1 amide bonds. The molecule has 4 aliphatic rings. The number of aliphatic hydroxyl groups is 1. The lowest BCUT2D eigenvalue weighted by molar-refractivity contribution is -0.134. The van der Waals surface area contributed by atoms with Gasteiger partial charge in [0.25, 0.3) is 5.91 Å². The molecule has 2 bridgehead atoms. The molecule has 3 heterocycles. The Hall–Kier alpha value is -3.47. The molecule has 7 atom stereocenters. The Balaban J connectivity index is 1.27. The van der Waals surface area contributed by atoms with Crippen LogP contribution in [0.4, 0.5) is 5.69 Å². The number of nitrogens with zero attached hydrogens (tertiary/aromatic N) is 3. The molecule has 1 saturated carbocycles. The van der Waals surface area contributed by atoms with E-state index < -0.39 is 26.5 Å². The fraction of sp³-hybridized carbons (Fsp3) is 0.525. The van der Waals surface area contributed by atoms with Gasteiger partial charge >= 0.3 is 0 Å². The van der Waals surface area contributed by atoms with Crippen LogP contribution in [0.25, 0.3) is 0 Å². The molecule has 7 rings (SSSR count). The van der Waals surface area contributed by atoms with Crippen molar-refractivity contribution in [1.82, 2.24) is 14.7 Å². The van der Waals surface area contributed by atoms with Gasteiger partial charge in [0.05, 0.1) is 33.3 Å². The maximum atomic E-state index is 13.9. The quantitative estimate of drug-likeness (QED) is 0.308. The zero-order chi connectivity index (χ0) is 36.0. The number of Topliss-reactive ketones (excluding diaryl/α,β-unsaturated/α-hetero) is 1. The number of carbonyl (C=O) groups excluding carboxylic acids is 2. The summed E-state index contributed by atoms with van der Waals surface area (Å²) in [5.74, 6) is 4.22. The first-order valence-corrected chi connectivity index (χ1v) is 20.5.